The first-order chi connectivity index (χ1) is 22.2. The number of carbonyl (C=O) groups excluding carboxylic acids is 4. The molecule has 2 unspecified atom stereocenters. The number of primary amides is 1. The first kappa shape index (κ1) is 32.8. The molecule has 2 aliphatic heterocycles. The summed E-state index contributed by atoms with van der Waals surface area (Å²) in [6, 6.07) is 23.6. The van der Waals surface area contributed by atoms with E-state index >= 15 is 0 Å². The number of likely N-dealkylation sites (N-methyl/N-ethyl adjacent to an activating group) is 1. The van der Waals surface area contributed by atoms with Gasteiger partial charge in [-0.3, -0.25) is 19.2 Å². The molecule has 3 aromatic carbocycles. The maximum absolute atomic E-state index is 14.1. The van der Waals surface area contributed by atoms with Gasteiger partial charge in [0.2, 0.25) is 11.8 Å². The van der Waals surface area contributed by atoms with Crippen LogP contribution in [0.15, 0.2) is 78.9 Å². The average molecular weight is 625 g/mol. The molecular weight excluding hydrogens is 580 g/mol. The van der Waals surface area contributed by atoms with Crippen LogP contribution in [0.5, 0.6) is 0 Å². The van der Waals surface area contributed by atoms with Crippen LogP contribution in [0.4, 0.5) is 0 Å². The summed E-state index contributed by atoms with van der Waals surface area (Å²) in [5.41, 5.74) is 8.78. The Hall–Kier alpha value is -4.54. The van der Waals surface area contributed by atoms with Gasteiger partial charge in [0.15, 0.2) is 0 Å². The second-order valence-electron chi connectivity index (χ2n) is 12.4. The van der Waals surface area contributed by atoms with Gasteiger partial charge >= 0.3 is 0 Å². The first-order valence-corrected chi connectivity index (χ1v) is 16.0. The monoisotopic (exact) mass is 624 g/mol. The zero-order valence-corrected chi connectivity index (χ0v) is 26.7. The molecule has 1 saturated heterocycles. The van der Waals surface area contributed by atoms with Crippen LogP contribution in [0.2, 0.25) is 0 Å². The summed E-state index contributed by atoms with van der Waals surface area (Å²) >= 11 is 0. The Labute approximate surface area is 271 Å². The van der Waals surface area contributed by atoms with Crippen molar-refractivity contribution in [1.29, 1.82) is 0 Å². The summed E-state index contributed by atoms with van der Waals surface area (Å²) in [5, 5.41) is 3.18. The highest BCUT2D eigenvalue weighted by molar-refractivity contribution is 6.01. The number of likely N-dealkylation sites (tertiary alicyclic amines) is 1. The molecule has 2 atom stereocenters. The Morgan fingerprint density at radius 2 is 1.57 bits per heavy atom. The maximum Gasteiger partial charge on any atom is 0.255 e. The van der Waals surface area contributed by atoms with Crippen molar-refractivity contribution in [3.63, 3.8) is 0 Å². The Bertz CT molecular complexity index is 1520. The normalized spacial score (nSPS) is 18.0. The van der Waals surface area contributed by atoms with Gasteiger partial charge in [0.1, 0.15) is 0 Å². The second kappa shape index (κ2) is 15.2. The molecular formula is C36H44N6O4. The van der Waals surface area contributed by atoms with Gasteiger partial charge in [-0.1, -0.05) is 60.7 Å². The number of hydrogen-bond donors (Lipinski definition) is 2. The van der Waals surface area contributed by atoms with Crippen molar-refractivity contribution >= 4 is 23.6 Å². The first-order valence-electron chi connectivity index (χ1n) is 16.0. The van der Waals surface area contributed by atoms with E-state index in [1.165, 1.54) is 17.7 Å². The molecule has 5 rings (SSSR count). The van der Waals surface area contributed by atoms with E-state index in [-0.39, 0.29) is 30.8 Å². The number of nitrogens with one attached hydrogen (secondary N) is 1. The Morgan fingerprint density at radius 3 is 2.24 bits per heavy atom. The van der Waals surface area contributed by atoms with E-state index in [1.807, 2.05) is 79.7 Å². The standard InChI is InChI=1S/C36H44N6O4/c1-39(2)22-23-41(25-31(37)43)35(45)28-16-14-26(15-17-28)24-42-33(27-10-4-3-5-11-27)32(29-12-6-7-13-30(29)36(42)46)34(44)38-18-21-40-19-8-9-20-40/h3-7,10-17,32-33H,8-9,18-25H2,1-2H3,(H2,37,43)(H,38,44). The van der Waals surface area contributed by atoms with Crippen LogP contribution in [0.1, 0.15) is 62.2 Å². The molecule has 3 aromatic rings. The smallest absolute Gasteiger partial charge is 0.255 e. The number of amides is 4. The van der Waals surface area contributed by atoms with E-state index < -0.39 is 17.9 Å². The predicted octanol–water partition coefficient (Wildman–Crippen LogP) is 2.87. The third-order valence-electron chi connectivity index (χ3n) is 8.79. The molecule has 0 aromatic heterocycles. The quantitative estimate of drug-likeness (QED) is 0.302. The summed E-state index contributed by atoms with van der Waals surface area (Å²) in [6.45, 7) is 4.48. The lowest BCUT2D eigenvalue weighted by Gasteiger charge is -2.42. The van der Waals surface area contributed by atoms with Gasteiger partial charge in [-0.2, -0.15) is 0 Å². The maximum atomic E-state index is 14.1. The van der Waals surface area contributed by atoms with Gasteiger partial charge in [-0.25, -0.2) is 0 Å². The van der Waals surface area contributed by atoms with Crippen molar-refractivity contribution in [1.82, 2.24) is 24.9 Å². The van der Waals surface area contributed by atoms with E-state index in [0.717, 1.165) is 36.3 Å². The highest BCUT2D eigenvalue weighted by Gasteiger charge is 2.44. The van der Waals surface area contributed by atoms with Crippen LogP contribution < -0.4 is 11.1 Å². The predicted molar refractivity (Wildman–Crippen MR) is 177 cm³/mol. The lowest BCUT2D eigenvalue weighted by atomic mass is 9.79. The second-order valence-corrected chi connectivity index (χ2v) is 12.4. The number of rotatable bonds is 13. The van der Waals surface area contributed by atoms with Gasteiger partial charge in [-0.05, 0) is 74.9 Å². The minimum absolute atomic E-state index is 0.105. The fourth-order valence-corrected chi connectivity index (χ4v) is 6.42. The summed E-state index contributed by atoms with van der Waals surface area (Å²) in [5.74, 6) is -1.72. The molecule has 0 saturated carbocycles. The number of benzene rings is 3. The van der Waals surface area contributed by atoms with Crippen molar-refractivity contribution in [2.45, 2.75) is 31.3 Å². The molecule has 0 aliphatic carbocycles. The molecule has 4 amide bonds. The number of nitrogens with two attached hydrogens (primary N) is 1. The molecule has 0 radical (unpaired) electrons. The molecule has 0 bridgehead atoms. The van der Waals surface area contributed by atoms with Crippen LogP contribution >= 0.6 is 0 Å². The molecule has 2 heterocycles. The van der Waals surface area contributed by atoms with E-state index in [2.05, 4.69) is 10.2 Å². The molecule has 10 heteroatoms. The molecule has 3 N–H and O–H groups in total. The number of nitrogens with zero attached hydrogens (tertiary/aromatic N) is 4. The zero-order valence-electron chi connectivity index (χ0n) is 26.7. The number of fused-ring (bicyclic) bond motifs is 1. The highest BCUT2D eigenvalue weighted by atomic mass is 16.2. The Morgan fingerprint density at radius 1 is 0.891 bits per heavy atom. The number of hydrogen-bond acceptors (Lipinski definition) is 6. The molecule has 10 nitrogen and oxygen atoms in total. The molecule has 46 heavy (non-hydrogen) atoms. The SMILES string of the molecule is CN(C)CCN(CC(N)=O)C(=O)c1ccc(CN2C(=O)c3ccccc3C(C(=O)NCCN3CCCC3)C2c2ccccc2)cc1. The fourth-order valence-electron chi connectivity index (χ4n) is 6.42. The zero-order chi connectivity index (χ0) is 32.6. The molecule has 0 spiro atoms. The third kappa shape index (κ3) is 7.81. The van der Waals surface area contributed by atoms with Gasteiger partial charge in [0.25, 0.3) is 11.8 Å². The molecule has 2 aliphatic rings. The fraction of sp³-hybridized carbons (Fsp3) is 0.389. The lowest BCUT2D eigenvalue weighted by Crippen LogP contribution is -2.47. The van der Waals surface area contributed by atoms with E-state index in [9.17, 15) is 19.2 Å². The minimum Gasteiger partial charge on any atom is -0.368 e. The lowest BCUT2D eigenvalue weighted by molar-refractivity contribution is -0.124. The number of carbonyl (C=O) groups is 4. The molecule has 242 valence electrons. The van der Waals surface area contributed by atoms with Crippen LogP contribution in [-0.4, -0.2) is 103 Å². The average Bonchev–Trinajstić information content (AvgIpc) is 3.58. The van der Waals surface area contributed by atoms with E-state index in [4.69, 9.17) is 5.73 Å². The van der Waals surface area contributed by atoms with Crippen molar-refractivity contribution in [2.75, 3.05) is 59.9 Å². The Balaban J connectivity index is 1.42. The van der Waals surface area contributed by atoms with Crippen molar-refractivity contribution in [3.8, 4) is 0 Å². The van der Waals surface area contributed by atoms with Crippen molar-refractivity contribution in [3.05, 3.63) is 107 Å². The van der Waals surface area contributed by atoms with Gasteiger partial charge < -0.3 is 30.7 Å². The van der Waals surface area contributed by atoms with Crippen LogP contribution in [0, 0.1) is 0 Å². The third-order valence-corrected chi connectivity index (χ3v) is 8.79. The van der Waals surface area contributed by atoms with Crippen LogP contribution in [0.3, 0.4) is 0 Å². The largest absolute Gasteiger partial charge is 0.368 e. The summed E-state index contributed by atoms with van der Waals surface area (Å²) in [4.78, 5) is 60.7. The van der Waals surface area contributed by atoms with Gasteiger partial charge in [-0.15, -0.1) is 0 Å². The molecule has 1 fully saturated rings. The summed E-state index contributed by atoms with van der Waals surface area (Å²) in [7, 11) is 3.79. The van der Waals surface area contributed by atoms with Crippen molar-refractivity contribution < 1.29 is 19.2 Å². The van der Waals surface area contributed by atoms with Crippen LogP contribution in [0.25, 0.3) is 0 Å². The van der Waals surface area contributed by atoms with E-state index in [1.54, 1.807) is 23.1 Å². The van der Waals surface area contributed by atoms with Crippen molar-refractivity contribution in [2.24, 2.45) is 5.73 Å². The summed E-state index contributed by atoms with van der Waals surface area (Å²) < 4.78 is 0. The van der Waals surface area contributed by atoms with E-state index in [0.29, 0.717) is 30.8 Å². The van der Waals surface area contributed by atoms with Crippen LogP contribution in [-0.2, 0) is 16.1 Å². The minimum atomic E-state index is -0.602. The highest BCUT2D eigenvalue weighted by Crippen LogP contribution is 2.43. The summed E-state index contributed by atoms with van der Waals surface area (Å²) in [6.07, 6.45) is 2.38. The Kier molecular flexibility index (Phi) is 10.8. The van der Waals surface area contributed by atoms with Gasteiger partial charge in [0, 0.05) is 43.9 Å². The topological polar surface area (TPSA) is 119 Å². The van der Waals surface area contributed by atoms with Gasteiger partial charge in [0.05, 0.1) is 18.5 Å².